The van der Waals surface area contributed by atoms with E-state index in [2.05, 4.69) is 12.2 Å². The van der Waals surface area contributed by atoms with Crippen LogP contribution in [0.4, 0.5) is 0 Å². The van der Waals surface area contributed by atoms with E-state index < -0.39 is 10.0 Å². The summed E-state index contributed by atoms with van der Waals surface area (Å²) in [5.41, 5.74) is 0.431. The summed E-state index contributed by atoms with van der Waals surface area (Å²) < 4.78 is 27.0. The van der Waals surface area contributed by atoms with Gasteiger partial charge < -0.3 is 5.32 Å². The summed E-state index contributed by atoms with van der Waals surface area (Å²) in [5, 5.41) is 3.12. The van der Waals surface area contributed by atoms with Crippen molar-refractivity contribution in [3.63, 3.8) is 0 Å². The van der Waals surface area contributed by atoms with Crippen molar-refractivity contribution in [1.82, 2.24) is 9.62 Å². The Morgan fingerprint density at radius 2 is 1.96 bits per heavy atom. The Hall–Kier alpha value is -1.40. The van der Waals surface area contributed by atoms with Crippen LogP contribution in [0, 0.1) is 17.8 Å². The number of fused-ring (bicyclic) bond motifs is 2. The summed E-state index contributed by atoms with van der Waals surface area (Å²) in [6, 6.07) is 6.61. The molecular weight excluding hydrogens is 348 g/mol. The molecular formula is C20H28N2O3S. The molecule has 1 aromatic rings. The maximum absolute atomic E-state index is 12.7. The number of amides is 1. The first kappa shape index (κ1) is 18.0. The minimum absolute atomic E-state index is 0.136. The van der Waals surface area contributed by atoms with Gasteiger partial charge in [-0.15, -0.1) is 0 Å². The molecule has 5 nitrogen and oxygen atoms in total. The summed E-state index contributed by atoms with van der Waals surface area (Å²) in [7, 11) is -3.49. The van der Waals surface area contributed by atoms with Crippen molar-refractivity contribution in [2.45, 2.75) is 56.4 Å². The molecule has 2 aliphatic carbocycles. The van der Waals surface area contributed by atoms with E-state index in [4.69, 9.17) is 0 Å². The van der Waals surface area contributed by atoms with E-state index in [1.807, 2.05) is 0 Å². The Morgan fingerprint density at radius 1 is 1.19 bits per heavy atom. The van der Waals surface area contributed by atoms with Crippen molar-refractivity contribution < 1.29 is 13.2 Å². The first-order valence-corrected chi connectivity index (χ1v) is 11.3. The van der Waals surface area contributed by atoms with Gasteiger partial charge in [-0.1, -0.05) is 12.5 Å². The SMILES string of the molecule is C[C@@H](NC(=O)c1cccc(S(=O)(=O)N2CCCC2)c1)[C@H]1C[C@H]2CC[C@H]1C2. The first-order chi connectivity index (χ1) is 12.4. The Labute approximate surface area is 156 Å². The molecule has 3 fully saturated rings. The number of sulfonamides is 1. The maximum Gasteiger partial charge on any atom is 0.251 e. The lowest BCUT2D eigenvalue weighted by molar-refractivity contribution is 0.0915. The highest BCUT2D eigenvalue weighted by atomic mass is 32.2. The van der Waals surface area contributed by atoms with Crippen LogP contribution in [-0.4, -0.2) is 37.8 Å². The quantitative estimate of drug-likeness (QED) is 0.859. The topological polar surface area (TPSA) is 66.5 Å². The number of benzene rings is 1. The van der Waals surface area contributed by atoms with Crippen molar-refractivity contribution >= 4 is 15.9 Å². The summed E-state index contributed by atoms with van der Waals surface area (Å²) >= 11 is 0. The summed E-state index contributed by atoms with van der Waals surface area (Å²) in [6.07, 6.45) is 6.97. The largest absolute Gasteiger partial charge is 0.349 e. The van der Waals surface area contributed by atoms with E-state index >= 15 is 0 Å². The smallest absolute Gasteiger partial charge is 0.251 e. The summed E-state index contributed by atoms with van der Waals surface area (Å²) in [6.45, 7) is 3.23. The van der Waals surface area contributed by atoms with Crippen LogP contribution in [0.3, 0.4) is 0 Å². The van der Waals surface area contributed by atoms with Crippen LogP contribution in [0.2, 0.25) is 0 Å². The van der Waals surface area contributed by atoms with Gasteiger partial charge in [-0.3, -0.25) is 4.79 Å². The highest BCUT2D eigenvalue weighted by Crippen LogP contribution is 2.49. The van der Waals surface area contributed by atoms with Crippen molar-refractivity contribution in [3.8, 4) is 0 Å². The van der Waals surface area contributed by atoms with Gasteiger partial charge in [0.25, 0.3) is 5.91 Å². The van der Waals surface area contributed by atoms with E-state index in [9.17, 15) is 13.2 Å². The number of carbonyl (C=O) groups is 1. The number of nitrogens with zero attached hydrogens (tertiary/aromatic N) is 1. The third-order valence-corrected chi connectivity index (χ3v) is 8.49. The van der Waals surface area contributed by atoms with Gasteiger partial charge in [0.15, 0.2) is 0 Å². The van der Waals surface area contributed by atoms with Gasteiger partial charge in [0.05, 0.1) is 4.90 Å². The molecule has 2 bridgehead atoms. The third-order valence-electron chi connectivity index (χ3n) is 6.59. The average molecular weight is 377 g/mol. The molecule has 0 aromatic heterocycles. The van der Waals surface area contributed by atoms with Gasteiger partial charge in [-0.2, -0.15) is 4.31 Å². The van der Waals surface area contributed by atoms with Crippen LogP contribution >= 0.6 is 0 Å². The normalized spacial score (nSPS) is 29.8. The van der Waals surface area contributed by atoms with Gasteiger partial charge in [-0.25, -0.2) is 8.42 Å². The molecule has 4 rings (SSSR count). The van der Waals surface area contributed by atoms with E-state index in [-0.39, 0.29) is 16.8 Å². The lowest BCUT2D eigenvalue weighted by Crippen LogP contribution is -2.40. The fraction of sp³-hybridized carbons (Fsp3) is 0.650. The number of nitrogens with one attached hydrogen (secondary N) is 1. The third kappa shape index (κ3) is 3.29. The molecule has 2 saturated carbocycles. The van der Waals surface area contributed by atoms with E-state index in [0.29, 0.717) is 24.6 Å². The van der Waals surface area contributed by atoms with Crippen molar-refractivity contribution in [2.24, 2.45) is 17.8 Å². The molecule has 0 unspecified atom stereocenters. The second kappa shape index (κ2) is 6.97. The van der Waals surface area contributed by atoms with Crippen LogP contribution in [0.1, 0.15) is 55.8 Å². The highest BCUT2D eigenvalue weighted by Gasteiger charge is 2.42. The molecule has 6 heteroatoms. The van der Waals surface area contributed by atoms with E-state index in [1.165, 1.54) is 36.1 Å². The van der Waals surface area contributed by atoms with Gasteiger partial charge in [0.1, 0.15) is 0 Å². The Kier molecular flexibility index (Phi) is 4.82. The van der Waals surface area contributed by atoms with Crippen LogP contribution in [0.25, 0.3) is 0 Å². The number of carbonyl (C=O) groups excluding carboxylic acids is 1. The predicted molar refractivity (Wildman–Crippen MR) is 100 cm³/mol. The molecule has 4 atom stereocenters. The van der Waals surface area contributed by atoms with Gasteiger partial charge in [-0.05, 0) is 75.0 Å². The molecule has 142 valence electrons. The minimum atomic E-state index is -3.49. The lowest BCUT2D eigenvalue weighted by atomic mass is 9.84. The summed E-state index contributed by atoms with van der Waals surface area (Å²) in [5.74, 6) is 1.99. The Balaban J connectivity index is 1.46. The molecule has 1 aromatic carbocycles. The van der Waals surface area contributed by atoms with Gasteiger partial charge in [0, 0.05) is 24.7 Å². The van der Waals surface area contributed by atoms with Crippen molar-refractivity contribution in [1.29, 1.82) is 0 Å². The molecule has 0 spiro atoms. The van der Waals surface area contributed by atoms with Crippen LogP contribution in [-0.2, 0) is 10.0 Å². The van der Waals surface area contributed by atoms with Gasteiger partial charge >= 0.3 is 0 Å². The monoisotopic (exact) mass is 376 g/mol. The van der Waals surface area contributed by atoms with Crippen molar-refractivity contribution in [2.75, 3.05) is 13.1 Å². The standard InChI is InChI=1S/C20H28N2O3S/c1-14(19-12-15-7-8-16(19)11-15)21-20(23)17-5-4-6-18(13-17)26(24,25)22-9-2-3-10-22/h4-6,13-16,19H,2-3,7-12H2,1H3,(H,21,23)/t14-,15+,16+,19-/m1/s1. The molecule has 1 N–H and O–H groups in total. The van der Waals surface area contributed by atoms with E-state index in [1.54, 1.807) is 18.2 Å². The van der Waals surface area contributed by atoms with Crippen LogP contribution in [0.5, 0.6) is 0 Å². The minimum Gasteiger partial charge on any atom is -0.349 e. The van der Waals surface area contributed by atoms with Gasteiger partial charge in [0.2, 0.25) is 10.0 Å². The molecule has 3 aliphatic rings. The molecule has 1 aliphatic heterocycles. The average Bonchev–Trinajstić information content (AvgIpc) is 3.39. The fourth-order valence-corrected chi connectivity index (χ4v) is 6.74. The number of hydrogen-bond donors (Lipinski definition) is 1. The zero-order chi connectivity index (χ0) is 18.3. The first-order valence-electron chi connectivity index (χ1n) is 9.86. The second-order valence-corrected chi connectivity index (χ2v) is 10.2. The number of hydrogen-bond acceptors (Lipinski definition) is 3. The Bertz CT molecular complexity index is 786. The molecule has 1 saturated heterocycles. The molecule has 0 radical (unpaired) electrons. The van der Waals surface area contributed by atoms with Crippen LogP contribution < -0.4 is 5.32 Å². The second-order valence-electron chi connectivity index (χ2n) is 8.24. The van der Waals surface area contributed by atoms with Crippen molar-refractivity contribution in [3.05, 3.63) is 29.8 Å². The zero-order valence-electron chi connectivity index (χ0n) is 15.4. The maximum atomic E-state index is 12.7. The summed E-state index contributed by atoms with van der Waals surface area (Å²) in [4.78, 5) is 12.9. The molecule has 1 heterocycles. The zero-order valence-corrected chi connectivity index (χ0v) is 16.2. The highest BCUT2D eigenvalue weighted by molar-refractivity contribution is 7.89. The van der Waals surface area contributed by atoms with Crippen LogP contribution in [0.15, 0.2) is 29.2 Å². The van der Waals surface area contributed by atoms with E-state index in [0.717, 1.165) is 24.7 Å². The Morgan fingerprint density at radius 3 is 2.62 bits per heavy atom. The molecule has 26 heavy (non-hydrogen) atoms. The number of rotatable bonds is 5. The molecule has 1 amide bonds. The fourth-order valence-electron chi connectivity index (χ4n) is 5.18. The lowest BCUT2D eigenvalue weighted by Gasteiger charge is -2.28. The predicted octanol–water partition coefficient (Wildman–Crippen LogP) is 3.03.